The number of aliphatic hydroxyl groups excluding tert-OH is 2. The summed E-state index contributed by atoms with van der Waals surface area (Å²) in [4.78, 5) is 11.2. The average molecular weight is 356 g/mol. The fraction of sp³-hybridized carbons (Fsp3) is 0.381. The van der Waals surface area contributed by atoms with Gasteiger partial charge in [0.05, 0.1) is 12.2 Å². The normalized spacial score (nSPS) is 32.2. The number of hydrogen-bond acceptors (Lipinski definition) is 5. The molecule has 0 aromatic heterocycles. The number of hydrogen-bond donors (Lipinski definition) is 2. The Hall–Kier alpha value is -2.21. The van der Waals surface area contributed by atoms with Gasteiger partial charge in [-0.05, 0) is 18.1 Å². The van der Waals surface area contributed by atoms with Gasteiger partial charge >= 0.3 is 5.97 Å². The first kappa shape index (κ1) is 18.6. The van der Waals surface area contributed by atoms with Crippen molar-refractivity contribution >= 4 is 12.0 Å². The molecule has 5 atom stereocenters. The van der Waals surface area contributed by atoms with E-state index in [9.17, 15) is 15.0 Å². The Kier molecular flexibility index (Phi) is 6.39. The number of carbonyl (C=O) groups is 1. The molecule has 3 rings (SSSR count). The molecule has 2 aliphatic rings. The summed E-state index contributed by atoms with van der Waals surface area (Å²) in [6, 6.07) is 9.74. The molecule has 0 unspecified atom stereocenters. The zero-order valence-corrected chi connectivity index (χ0v) is 14.5. The van der Waals surface area contributed by atoms with E-state index in [1.807, 2.05) is 48.6 Å². The number of ether oxygens (including phenoxy) is 2. The molecule has 26 heavy (non-hydrogen) atoms. The second kappa shape index (κ2) is 8.94. The van der Waals surface area contributed by atoms with E-state index in [0.29, 0.717) is 19.3 Å². The maximum atomic E-state index is 11.2. The van der Waals surface area contributed by atoms with E-state index in [1.54, 1.807) is 12.2 Å². The molecule has 5 nitrogen and oxygen atoms in total. The Morgan fingerprint density at radius 3 is 2.73 bits per heavy atom. The van der Waals surface area contributed by atoms with Crippen LogP contribution in [0.4, 0.5) is 0 Å². The summed E-state index contributed by atoms with van der Waals surface area (Å²) in [6.45, 7) is 0. The van der Waals surface area contributed by atoms with E-state index in [4.69, 9.17) is 9.47 Å². The topological polar surface area (TPSA) is 76.0 Å². The molecule has 138 valence electrons. The van der Waals surface area contributed by atoms with Crippen molar-refractivity contribution in [1.29, 1.82) is 0 Å². The highest BCUT2D eigenvalue weighted by atomic mass is 16.5. The lowest BCUT2D eigenvalue weighted by Crippen LogP contribution is -2.47. The van der Waals surface area contributed by atoms with Crippen LogP contribution >= 0.6 is 0 Å². The highest BCUT2D eigenvalue weighted by molar-refractivity contribution is 5.82. The van der Waals surface area contributed by atoms with Crippen LogP contribution in [0.25, 0.3) is 6.08 Å². The van der Waals surface area contributed by atoms with Gasteiger partial charge in [-0.15, -0.1) is 0 Å². The molecule has 0 bridgehead atoms. The second-order valence-electron chi connectivity index (χ2n) is 6.56. The molecule has 0 radical (unpaired) electrons. The number of carbonyl (C=O) groups excluding carboxylic acids is 1. The Bertz CT molecular complexity index is 679. The third-order valence-electron chi connectivity index (χ3n) is 4.50. The zero-order chi connectivity index (χ0) is 18.4. The Morgan fingerprint density at radius 2 is 1.96 bits per heavy atom. The molecule has 1 aromatic carbocycles. The largest absolute Gasteiger partial charge is 0.455 e. The van der Waals surface area contributed by atoms with Crippen LogP contribution in [0.15, 0.2) is 60.7 Å². The van der Waals surface area contributed by atoms with E-state index in [0.717, 1.165) is 5.56 Å². The lowest BCUT2D eigenvalue weighted by atomic mass is 9.95. The second-order valence-corrected chi connectivity index (χ2v) is 6.56. The van der Waals surface area contributed by atoms with Crippen LogP contribution < -0.4 is 0 Å². The van der Waals surface area contributed by atoms with Crippen LogP contribution in [0.1, 0.15) is 24.8 Å². The van der Waals surface area contributed by atoms with Gasteiger partial charge in [0.2, 0.25) is 0 Å². The fourth-order valence-electron chi connectivity index (χ4n) is 3.10. The number of esters is 1. The maximum Gasteiger partial charge on any atom is 0.331 e. The van der Waals surface area contributed by atoms with E-state index < -0.39 is 18.3 Å². The maximum absolute atomic E-state index is 11.2. The summed E-state index contributed by atoms with van der Waals surface area (Å²) in [5.74, 6) is -0.329. The van der Waals surface area contributed by atoms with Crippen LogP contribution in [0.5, 0.6) is 0 Å². The standard InChI is InChI=1S/C21H24O5/c22-18-14-17(10-4-8-16-9-5-11-20(23)26-16)25-19(21(18)24)13-12-15-6-2-1-3-7-15/h1-8,11-13,16-19,21-22,24H,9-10,14H2/b8-4+,13-12+/t16-,17+,18-,19-,21-/m0/s1. The minimum Gasteiger partial charge on any atom is -0.455 e. The number of benzene rings is 1. The molecular weight excluding hydrogens is 332 g/mol. The zero-order valence-electron chi connectivity index (χ0n) is 14.5. The van der Waals surface area contributed by atoms with Crippen LogP contribution in [-0.2, 0) is 14.3 Å². The van der Waals surface area contributed by atoms with Gasteiger partial charge in [0, 0.05) is 18.9 Å². The van der Waals surface area contributed by atoms with E-state index in [-0.39, 0.29) is 18.2 Å². The molecule has 2 aliphatic heterocycles. The van der Waals surface area contributed by atoms with Gasteiger partial charge in [0.1, 0.15) is 18.3 Å². The summed E-state index contributed by atoms with van der Waals surface area (Å²) in [5.41, 5.74) is 1.01. The SMILES string of the molecule is O=C1C=CC[C@H](/C=C/C[C@@H]2C[C@H](O)[C@H](O)[C@H](/C=C/c3ccccc3)O2)O1. The molecule has 0 spiro atoms. The monoisotopic (exact) mass is 356 g/mol. The number of aliphatic hydroxyl groups is 2. The third kappa shape index (κ3) is 5.14. The predicted molar refractivity (Wildman–Crippen MR) is 98.2 cm³/mol. The van der Waals surface area contributed by atoms with Crippen molar-refractivity contribution in [3.63, 3.8) is 0 Å². The highest BCUT2D eigenvalue weighted by Crippen LogP contribution is 2.24. The van der Waals surface area contributed by atoms with Crippen molar-refractivity contribution in [1.82, 2.24) is 0 Å². The molecule has 2 N–H and O–H groups in total. The van der Waals surface area contributed by atoms with Crippen LogP contribution in [0.3, 0.4) is 0 Å². The first-order valence-corrected chi connectivity index (χ1v) is 8.90. The Labute approximate surface area is 153 Å². The lowest BCUT2D eigenvalue weighted by Gasteiger charge is -2.35. The van der Waals surface area contributed by atoms with Crippen LogP contribution in [0.2, 0.25) is 0 Å². The number of cyclic esters (lactones) is 1. The van der Waals surface area contributed by atoms with Crippen molar-refractivity contribution in [3.8, 4) is 0 Å². The lowest BCUT2D eigenvalue weighted by molar-refractivity contribution is -0.149. The van der Waals surface area contributed by atoms with Crippen LogP contribution in [0, 0.1) is 0 Å². The van der Waals surface area contributed by atoms with Gasteiger partial charge in [-0.3, -0.25) is 0 Å². The van der Waals surface area contributed by atoms with Gasteiger partial charge in [0.25, 0.3) is 0 Å². The minimum absolute atomic E-state index is 0.204. The molecule has 1 aromatic rings. The molecule has 0 saturated carbocycles. The van der Waals surface area contributed by atoms with Gasteiger partial charge < -0.3 is 19.7 Å². The van der Waals surface area contributed by atoms with Crippen molar-refractivity contribution in [2.75, 3.05) is 0 Å². The summed E-state index contributed by atoms with van der Waals surface area (Å²) < 4.78 is 11.1. The Morgan fingerprint density at radius 1 is 1.15 bits per heavy atom. The summed E-state index contributed by atoms with van der Waals surface area (Å²) in [6.07, 6.45) is 9.46. The van der Waals surface area contributed by atoms with Crippen molar-refractivity contribution in [2.45, 2.75) is 49.8 Å². The Balaban J connectivity index is 1.56. The summed E-state index contributed by atoms with van der Waals surface area (Å²) in [7, 11) is 0. The van der Waals surface area contributed by atoms with E-state index in [1.165, 1.54) is 6.08 Å². The molecular formula is C21H24O5. The van der Waals surface area contributed by atoms with Gasteiger partial charge in [-0.25, -0.2) is 4.79 Å². The van der Waals surface area contributed by atoms with Gasteiger partial charge in [0.15, 0.2) is 0 Å². The minimum atomic E-state index is -0.945. The van der Waals surface area contributed by atoms with Crippen molar-refractivity contribution < 1.29 is 24.5 Å². The first-order valence-electron chi connectivity index (χ1n) is 8.90. The first-order chi connectivity index (χ1) is 12.6. The average Bonchev–Trinajstić information content (AvgIpc) is 2.64. The van der Waals surface area contributed by atoms with Gasteiger partial charge in [-0.2, -0.15) is 0 Å². The third-order valence-corrected chi connectivity index (χ3v) is 4.50. The molecule has 5 heteroatoms. The smallest absolute Gasteiger partial charge is 0.331 e. The highest BCUT2D eigenvalue weighted by Gasteiger charge is 2.34. The van der Waals surface area contributed by atoms with Crippen molar-refractivity contribution in [2.24, 2.45) is 0 Å². The van der Waals surface area contributed by atoms with Crippen LogP contribution in [-0.4, -0.2) is 46.7 Å². The molecule has 0 amide bonds. The quantitative estimate of drug-likeness (QED) is 0.626. The molecule has 2 heterocycles. The summed E-state index contributed by atoms with van der Waals surface area (Å²) >= 11 is 0. The number of rotatable bonds is 5. The molecule has 0 aliphatic carbocycles. The summed E-state index contributed by atoms with van der Waals surface area (Å²) in [5, 5.41) is 20.3. The van der Waals surface area contributed by atoms with Gasteiger partial charge in [-0.1, -0.05) is 54.6 Å². The fourth-order valence-corrected chi connectivity index (χ4v) is 3.10. The van der Waals surface area contributed by atoms with Crippen molar-refractivity contribution in [3.05, 3.63) is 66.3 Å². The molecule has 1 saturated heterocycles. The van der Waals surface area contributed by atoms with E-state index >= 15 is 0 Å². The molecule has 1 fully saturated rings. The predicted octanol–water partition coefficient (Wildman–Crippen LogP) is 2.40. The van der Waals surface area contributed by atoms with E-state index in [2.05, 4.69) is 0 Å².